The van der Waals surface area contributed by atoms with Crippen LogP contribution in [0, 0.1) is 0 Å². The van der Waals surface area contributed by atoms with Crippen LogP contribution in [0.3, 0.4) is 0 Å². The predicted octanol–water partition coefficient (Wildman–Crippen LogP) is 3.53. The third-order valence-corrected chi connectivity index (χ3v) is 5.48. The third-order valence-electron chi connectivity index (χ3n) is 4.34. The van der Waals surface area contributed by atoms with E-state index in [1.807, 2.05) is 11.8 Å². The van der Waals surface area contributed by atoms with Crippen molar-refractivity contribution in [1.82, 2.24) is 14.3 Å². The van der Waals surface area contributed by atoms with E-state index < -0.39 is 16.8 Å². The van der Waals surface area contributed by atoms with E-state index in [0.29, 0.717) is 26.2 Å². The highest BCUT2D eigenvalue weighted by Crippen LogP contribution is 2.36. The number of hydrogen-bond donors (Lipinski definition) is 1. The summed E-state index contributed by atoms with van der Waals surface area (Å²) in [6, 6.07) is 3.33. The highest BCUT2D eigenvalue weighted by Gasteiger charge is 2.33. The fourth-order valence-electron chi connectivity index (χ4n) is 2.84. The first kappa shape index (κ1) is 20.8. The maximum Gasteiger partial charge on any atom is 0.417 e. The van der Waals surface area contributed by atoms with Crippen molar-refractivity contribution in [1.29, 1.82) is 0 Å². The number of benzene rings is 1. The number of nitrogens with one attached hydrogen (secondary N) is 1. The van der Waals surface area contributed by atoms with Crippen molar-refractivity contribution in [2.45, 2.75) is 19.5 Å². The molecule has 11 heteroatoms. The molecule has 0 spiro atoms. The molecule has 0 unspecified atom stereocenters. The maximum absolute atomic E-state index is 12.9. The topological polar surface area (TPSA) is 61.4 Å². The molecule has 0 saturated carbocycles. The summed E-state index contributed by atoms with van der Waals surface area (Å²) in [7, 11) is 0. The number of carbonyl (C=O) groups excluding carboxylic acids is 1. The van der Waals surface area contributed by atoms with Gasteiger partial charge in [-0.05, 0) is 18.2 Å². The van der Waals surface area contributed by atoms with Crippen LogP contribution in [0.4, 0.5) is 24.0 Å². The largest absolute Gasteiger partial charge is 0.417 e. The van der Waals surface area contributed by atoms with Crippen LogP contribution in [0.2, 0.25) is 5.02 Å². The number of aryl methyl sites for hydroxylation is 1. The Hall–Kier alpha value is -1.91. The zero-order chi connectivity index (χ0) is 20.3. The molecular weight excluding hydrogens is 415 g/mol. The fourth-order valence-corrected chi connectivity index (χ4v) is 3.86. The Morgan fingerprint density at radius 2 is 2.00 bits per heavy atom. The Morgan fingerprint density at radius 3 is 2.61 bits per heavy atom. The number of nitrogens with zero attached hydrogens (tertiary/aromatic N) is 4. The van der Waals surface area contributed by atoms with Crippen molar-refractivity contribution in [2.24, 2.45) is 0 Å². The van der Waals surface area contributed by atoms with Gasteiger partial charge in [0.15, 0.2) is 0 Å². The normalized spacial score (nSPS) is 15.7. The van der Waals surface area contributed by atoms with Crippen molar-refractivity contribution in [2.75, 3.05) is 42.9 Å². The standard InChI is InChI=1S/C17H19ClF3N5OS/c1-2-14-23-16(28-24-14)26-7-5-25(6-8-26)10-15(27)22-11-3-4-13(18)12(9-11)17(19,20)21/h3-4,9H,2,5-8,10H2,1H3,(H,22,27). The fraction of sp³-hybridized carbons (Fsp3) is 0.471. The highest BCUT2D eigenvalue weighted by atomic mass is 35.5. The number of rotatable bonds is 5. The molecule has 2 heterocycles. The second kappa shape index (κ2) is 8.62. The summed E-state index contributed by atoms with van der Waals surface area (Å²) >= 11 is 6.96. The van der Waals surface area contributed by atoms with E-state index in [2.05, 4.69) is 19.6 Å². The van der Waals surface area contributed by atoms with Crippen molar-refractivity contribution < 1.29 is 18.0 Å². The van der Waals surface area contributed by atoms with Crippen molar-refractivity contribution in [3.05, 3.63) is 34.6 Å². The summed E-state index contributed by atoms with van der Waals surface area (Å²) < 4.78 is 43.0. The van der Waals surface area contributed by atoms with Crippen LogP contribution in [0.5, 0.6) is 0 Å². The lowest BCUT2D eigenvalue weighted by Crippen LogP contribution is -2.48. The quantitative estimate of drug-likeness (QED) is 0.781. The summed E-state index contributed by atoms with van der Waals surface area (Å²) in [5.41, 5.74) is -0.898. The molecule has 1 fully saturated rings. The van der Waals surface area contributed by atoms with Gasteiger partial charge in [0.1, 0.15) is 5.82 Å². The molecule has 1 amide bonds. The second-order valence-electron chi connectivity index (χ2n) is 6.35. The molecule has 152 valence electrons. The van der Waals surface area contributed by atoms with Crippen molar-refractivity contribution in [3.63, 3.8) is 0 Å². The first-order chi connectivity index (χ1) is 13.3. The van der Waals surface area contributed by atoms with Gasteiger partial charge in [-0.1, -0.05) is 18.5 Å². The number of piperazine rings is 1. The highest BCUT2D eigenvalue weighted by molar-refractivity contribution is 7.09. The van der Waals surface area contributed by atoms with Gasteiger partial charge in [-0.15, -0.1) is 0 Å². The van der Waals surface area contributed by atoms with Crippen molar-refractivity contribution >= 4 is 39.9 Å². The van der Waals surface area contributed by atoms with E-state index in [4.69, 9.17) is 11.6 Å². The molecule has 1 aliphatic heterocycles. The summed E-state index contributed by atoms with van der Waals surface area (Å²) in [5, 5.41) is 2.99. The summed E-state index contributed by atoms with van der Waals surface area (Å²) in [6.45, 7) is 4.84. The molecule has 2 aromatic rings. The summed E-state index contributed by atoms with van der Waals surface area (Å²) in [4.78, 5) is 20.8. The maximum atomic E-state index is 12.9. The van der Waals surface area contributed by atoms with E-state index in [9.17, 15) is 18.0 Å². The molecule has 0 bridgehead atoms. The van der Waals surface area contributed by atoms with Gasteiger partial charge in [0.2, 0.25) is 11.0 Å². The van der Waals surface area contributed by atoms with E-state index in [-0.39, 0.29) is 18.1 Å². The Labute approximate surface area is 169 Å². The smallest absolute Gasteiger partial charge is 0.344 e. The molecule has 3 rings (SSSR count). The van der Waals surface area contributed by atoms with E-state index >= 15 is 0 Å². The van der Waals surface area contributed by atoms with E-state index in [0.717, 1.165) is 29.5 Å². The number of carbonyl (C=O) groups is 1. The average molecular weight is 434 g/mol. The van der Waals surface area contributed by atoms with Gasteiger partial charge in [0.25, 0.3) is 0 Å². The van der Waals surface area contributed by atoms with Gasteiger partial charge < -0.3 is 10.2 Å². The first-order valence-corrected chi connectivity index (χ1v) is 9.88. The number of hydrogen-bond acceptors (Lipinski definition) is 6. The van der Waals surface area contributed by atoms with Crippen LogP contribution >= 0.6 is 23.1 Å². The molecule has 6 nitrogen and oxygen atoms in total. The second-order valence-corrected chi connectivity index (χ2v) is 7.49. The monoisotopic (exact) mass is 433 g/mol. The lowest BCUT2D eigenvalue weighted by atomic mass is 10.2. The average Bonchev–Trinajstić information content (AvgIpc) is 3.12. The summed E-state index contributed by atoms with van der Waals surface area (Å²) in [5.74, 6) is 0.455. The number of halogens is 4. The van der Waals surface area contributed by atoms with Gasteiger partial charge in [-0.25, -0.2) is 4.98 Å². The first-order valence-electron chi connectivity index (χ1n) is 8.72. The molecule has 1 aliphatic rings. The minimum Gasteiger partial charge on any atom is -0.344 e. The Balaban J connectivity index is 1.52. The summed E-state index contributed by atoms with van der Waals surface area (Å²) in [6.07, 6.45) is -3.78. The minimum absolute atomic E-state index is 0.0707. The molecular formula is C17H19ClF3N5OS. The van der Waals surface area contributed by atoms with Crippen molar-refractivity contribution in [3.8, 4) is 0 Å². The molecule has 28 heavy (non-hydrogen) atoms. The van der Waals surface area contributed by atoms with Gasteiger partial charge in [-0.3, -0.25) is 9.69 Å². The number of anilines is 2. The Kier molecular flexibility index (Phi) is 6.41. The van der Waals surface area contributed by atoms with Crippen LogP contribution in [0.25, 0.3) is 0 Å². The van der Waals surface area contributed by atoms with Gasteiger partial charge in [0.05, 0.1) is 17.1 Å². The van der Waals surface area contributed by atoms with E-state index in [1.165, 1.54) is 17.6 Å². The molecule has 0 radical (unpaired) electrons. The lowest BCUT2D eigenvalue weighted by Gasteiger charge is -2.33. The Bertz CT molecular complexity index is 836. The zero-order valence-electron chi connectivity index (χ0n) is 15.1. The number of amides is 1. The van der Waals surface area contributed by atoms with Crippen LogP contribution in [0.15, 0.2) is 18.2 Å². The molecule has 1 saturated heterocycles. The number of alkyl halides is 3. The third kappa shape index (κ3) is 5.12. The van der Waals surface area contributed by atoms with Gasteiger partial charge >= 0.3 is 6.18 Å². The molecule has 1 aromatic carbocycles. The molecule has 1 N–H and O–H groups in total. The van der Waals surface area contributed by atoms with Crippen LogP contribution < -0.4 is 10.2 Å². The molecule has 0 aliphatic carbocycles. The van der Waals surface area contributed by atoms with Crippen LogP contribution in [0.1, 0.15) is 18.3 Å². The van der Waals surface area contributed by atoms with Crippen LogP contribution in [-0.4, -0.2) is 52.9 Å². The number of aromatic nitrogens is 2. The molecule has 1 aromatic heterocycles. The molecule has 0 atom stereocenters. The lowest BCUT2D eigenvalue weighted by molar-refractivity contribution is -0.137. The zero-order valence-corrected chi connectivity index (χ0v) is 16.7. The SMILES string of the molecule is CCc1nsc(N2CCN(CC(=O)Nc3ccc(Cl)c(C(F)(F)F)c3)CC2)n1. The van der Waals surface area contributed by atoms with Crippen LogP contribution in [-0.2, 0) is 17.4 Å². The van der Waals surface area contributed by atoms with E-state index in [1.54, 1.807) is 0 Å². The minimum atomic E-state index is -4.57. The van der Waals surface area contributed by atoms with Gasteiger partial charge in [0, 0.05) is 49.8 Å². The Morgan fingerprint density at radius 1 is 1.29 bits per heavy atom. The van der Waals surface area contributed by atoms with Gasteiger partial charge in [-0.2, -0.15) is 17.5 Å². The predicted molar refractivity (Wildman–Crippen MR) is 103 cm³/mol.